The fraction of sp³-hybridized carbons (Fsp3) is 0.190. The van der Waals surface area contributed by atoms with Crippen molar-refractivity contribution < 1.29 is 0 Å². The molecule has 0 N–H and O–H groups in total. The highest BCUT2D eigenvalue weighted by Gasteiger charge is 2.12. The molecule has 0 amide bonds. The zero-order chi connectivity index (χ0) is 17.6. The zero-order valence-corrected chi connectivity index (χ0v) is 13.7. The van der Waals surface area contributed by atoms with Gasteiger partial charge in [-0.3, -0.25) is 0 Å². The molecule has 25 heavy (non-hydrogen) atoms. The number of hydrogen-bond donors (Lipinski definition) is 0. The first-order chi connectivity index (χ1) is 12.3. The van der Waals surface area contributed by atoms with Crippen LogP contribution in [0.2, 0.25) is 0 Å². The number of rotatable bonds is 2. The Morgan fingerprint density at radius 1 is 0.720 bits per heavy atom. The first-order valence-corrected chi connectivity index (χ1v) is 8.17. The van der Waals surface area contributed by atoms with E-state index in [1.54, 1.807) is 24.3 Å². The smallest absolute Gasteiger partial charge is 0.136 e. The lowest BCUT2D eigenvalue weighted by Crippen LogP contribution is -2.17. The van der Waals surface area contributed by atoms with E-state index in [1.807, 2.05) is 24.3 Å². The van der Waals surface area contributed by atoms with Gasteiger partial charge in [0.1, 0.15) is 23.8 Å². The molecule has 1 aliphatic rings. The maximum Gasteiger partial charge on any atom is 0.136 e. The van der Waals surface area contributed by atoms with E-state index in [1.165, 1.54) is 18.5 Å². The Balaban J connectivity index is 2.01. The van der Waals surface area contributed by atoms with E-state index in [9.17, 15) is 5.26 Å². The summed E-state index contributed by atoms with van der Waals surface area (Å²) in [5.74, 6) is 0. The summed E-state index contributed by atoms with van der Waals surface area (Å²) >= 11 is 0. The SMILES string of the molecule is N#CC(C#N)=c1ccc(=C(C#N)c2ccc(N3CCCC3)cc2)cc1. The molecule has 1 saturated heterocycles. The number of nitrogens with zero attached hydrogens (tertiary/aromatic N) is 4. The summed E-state index contributed by atoms with van der Waals surface area (Å²) in [6.07, 6.45) is 2.46. The molecule has 1 fully saturated rings. The van der Waals surface area contributed by atoms with Gasteiger partial charge < -0.3 is 4.90 Å². The van der Waals surface area contributed by atoms with Crippen molar-refractivity contribution in [1.82, 2.24) is 0 Å². The summed E-state index contributed by atoms with van der Waals surface area (Å²) in [5.41, 5.74) is 2.70. The van der Waals surface area contributed by atoms with Crippen molar-refractivity contribution in [3.8, 4) is 18.2 Å². The molecule has 2 aromatic rings. The molecule has 1 heterocycles. The molecule has 1 aliphatic heterocycles. The zero-order valence-electron chi connectivity index (χ0n) is 13.7. The minimum Gasteiger partial charge on any atom is -0.372 e. The van der Waals surface area contributed by atoms with Gasteiger partial charge >= 0.3 is 0 Å². The van der Waals surface area contributed by atoms with Gasteiger partial charge in [-0.1, -0.05) is 36.4 Å². The highest BCUT2D eigenvalue weighted by atomic mass is 15.1. The van der Waals surface area contributed by atoms with Crippen molar-refractivity contribution in [2.75, 3.05) is 18.0 Å². The largest absolute Gasteiger partial charge is 0.372 e. The van der Waals surface area contributed by atoms with Crippen LogP contribution in [0.5, 0.6) is 0 Å². The van der Waals surface area contributed by atoms with E-state index in [0.29, 0.717) is 10.8 Å². The summed E-state index contributed by atoms with van der Waals surface area (Å²) in [6.45, 7) is 2.18. The topological polar surface area (TPSA) is 74.6 Å². The molecule has 0 aromatic heterocycles. The Kier molecular flexibility index (Phi) is 4.79. The quantitative estimate of drug-likeness (QED) is 0.849. The monoisotopic (exact) mass is 324 g/mol. The fourth-order valence-corrected chi connectivity index (χ4v) is 3.07. The van der Waals surface area contributed by atoms with Crippen LogP contribution in [0.15, 0.2) is 48.5 Å². The highest BCUT2D eigenvalue weighted by molar-refractivity contribution is 5.77. The van der Waals surface area contributed by atoms with Crippen molar-refractivity contribution in [1.29, 1.82) is 15.8 Å². The van der Waals surface area contributed by atoms with Crippen molar-refractivity contribution >= 4 is 16.8 Å². The second-order valence-corrected chi connectivity index (χ2v) is 5.90. The van der Waals surface area contributed by atoms with Crippen LogP contribution >= 0.6 is 0 Å². The minimum absolute atomic E-state index is 0.0695. The third-order valence-corrected chi connectivity index (χ3v) is 4.42. The number of anilines is 1. The van der Waals surface area contributed by atoms with Crippen LogP contribution in [-0.4, -0.2) is 13.1 Å². The molecule has 0 aliphatic carbocycles. The summed E-state index contributed by atoms with van der Waals surface area (Å²) in [6, 6.07) is 21.0. The fourth-order valence-electron chi connectivity index (χ4n) is 3.07. The van der Waals surface area contributed by atoms with Gasteiger partial charge in [0.2, 0.25) is 0 Å². The van der Waals surface area contributed by atoms with Gasteiger partial charge in [0.25, 0.3) is 0 Å². The Bertz CT molecular complexity index is 982. The van der Waals surface area contributed by atoms with Gasteiger partial charge in [-0.05, 0) is 35.8 Å². The van der Waals surface area contributed by atoms with Crippen molar-refractivity contribution in [2.45, 2.75) is 12.8 Å². The standard InChI is InChI=1S/C21H16N4/c22-13-19(14-23)16-3-5-17(6-4-16)21(15-24)18-7-9-20(10-8-18)25-11-1-2-12-25/h3-10H,1-2,11-12H2. The second-order valence-electron chi connectivity index (χ2n) is 5.90. The number of nitriles is 3. The molecule has 4 nitrogen and oxygen atoms in total. The number of hydrogen-bond acceptors (Lipinski definition) is 4. The van der Waals surface area contributed by atoms with Crippen LogP contribution in [0.25, 0.3) is 11.1 Å². The molecule has 4 heteroatoms. The average Bonchev–Trinajstić information content (AvgIpc) is 3.20. The molecule has 0 spiro atoms. The lowest BCUT2D eigenvalue weighted by Gasteiger charge is -2.17. The summed E-state index contributed by atoms with van der Waals surface area (Å²) in [5, 5.41) is 28.8. The predicted octanol–water partition coefficient (Wildman–Crippen LogP) is 2.21. The van der Waals surface area contributed by atoms with Crippen LogP contribution in [-0.2, 0) is 0 Å². The van der Waals surface area contributed by atoms with E-state index in [0.717, 1.165) is 23.9 Å². The van der Waals surface area contributed by atoms with E-state index < -0.39 is 0 Å². The Labute approximate surface area is 146 Å². The van der Waals surface area contributed by atoms with E-state index >= 15 is 0 Å². The first-order valence-electron chi connectivity index (χ1n) is 8.17. The van der Waals surface area contributed by atoms with Gasteiger partial charge in [0, 0.05) is 24.0 Å². The van der Waals surface area contributed by atoms with Crippen LogP contribution in [0.3, 0.4) is 0 Å². The van der Waals surface area contributed by atoms with Crippen LogP contribution < -0.4 is 15.3 Å². The van der Waals surface area contributed by atoms with Gasteiger partial charge in [0.05, 0.1) is 5.57 Å². The van der Waals surface area contributed by atoms with Crippen LogP contribution in [0.4, 0.5) is 5.69 Å². The molecule has 120 valence electrons. The molecular formula is C21H16N4. The molecule has 0 unspecified atom stereocenters. The number of benzene rings is 2. The maximum absolute atomic E-state index is 9.58. The van der Waals surface area contributed by atoms with Gasteiger partial charge in [-0.15, -0.1) is 0 Å². The summed E-state index contributed by atoms with van der Waals surface area (Å²) < 4.78 is 0. The molecule has 0 radical (unpaired) electrons. The van der Waals surface area contributed by atoms with Crippen molar-refractivity contribution in [3.05, 3.63) is 64.5 Å². The summed E-state index contributed by atoms with van der Waals surface area (Å²) in [7, 11) is 0. The van der Waals surface area contributed by atoms with Crippen LogP contribution in [0.1, 0.15) is 18.4 Å². The lowest BCUT2D eigenvalue weighted by molar-refractivity contribution is 0.949. The average molecular weight is 324 g/mol. The predicted molar refractivity (Wildman–Crippen MR) is 96.3 cm³/mol. The molecule has 0 atom stereocenters. The van der Waals surface area contributed by atoms with E-state index in [4.69, 9.17) is 10.5 Å². The third kappa shape index (κ3) is 3.37. The van der Waals surface area contributed by atoms with Crippen molar-refractivity contribution in [3.63, 3.8) is 0 Å². The molecular weight excluding hydrogens is 308 g/mol. The van der Waals surface area contributed by atoms with Gasteiger partial charge in [0.15, 0.2) is 0 Å². The Morgan fingerprint density at radius 3 is 1.80 bits per heavy atom. The van der Waals surface area contributed by atoms with Crippen molar-refractivity contribution in [2.24, 2.45) is 0 Å². The molecule has 0 saturated carbocycles. The van der Waals surface area contributed by atoms with Gasteiger partial charge in [-0.25, -0.2) is 0 Å². The van der Waals surface area contributed by atoms with Gasteiger partial charge in [-0.2, -0.15) is 15.8 Å². The molecule has 3 rings (SSSR count). The molecule has 0 bridgehead atoms. The Morgan fingerprint density at radius 2 is 1.28 bits per heavy atom. The van der Waals surface area contributed by atoms with Crippen LogP contribution in [0, 0.1) is 34.0 Å². The maximum atomic E-state index is 9.58. The summed E-state index contributed by atoms with van der Waals surface area (Å²) in [4.78, 5) is 2.35. The first kappa shape index (κ1) is 16.3. The minimum atomic E-state index is 0.0695. The highest BCUT2D eigenvalue weighted by Crippen LogP contribution is 2.22. The lowest BCUT2D eigenvalue weighted by atomic mass is 10.0. The third-order valence-electron chi connectivity index (χ3n) is 4.42. The molecule has 2 aromatic carbocycles. The van der Waals surface area contributed by atoms with E-state index in [-0.39, 0.29) is 5.57 Å². The normalized spacial score (nSPS) is 12.8. The van der Waals surface area contributed by atoms with E-state index in [2.05, 4.69) is 23.1 Å². The second kappa shape index (κ2) is 7.35. The Hall–Kier alpha value is -3.55.